The molecule has 52 valence electrons. The first-order valence-corrected chi connectivity index (χ1v) is 3.54. The monoisotopic (exact) mass is 127 g/mol. The number of nitrogens with one attached hydrogen (secondary N) is 1. The molecule has 1 heterocycles. The molecule has 0 saturated carbocycles. The van der Waals surface area contributed by atoms with Gasteiger partial charge >= 0.3 is 0 Å². The van der Waals surface area contributed by atoms with Crippen LogP contribution in [0.15, 0.2) is 0 Å². The SMILES string of the molecule is CC[C@H]1C[C@@H](C)C(=O)N1. The normalized spacial score (nSPS) is 34.7. The van der Waals surface area contributed by atoms with Crippen LogP contribution in [-0.2, 0) is 4.79 Å². The van der Waals surface area contributed by atoms with E-state index in [1.807, 2.05) is 6.92 Å². The zero-order valence-corrected chi connectivity index (χ0v) is 5.98. The minimum atomic E-state index is 0.224. The summed E-state index contributed by atoms with van der Waals surface area (Å²) >= 11 is 0. The molecule has 0 spiro atoms. The van der Waals surface area contributed by atoms with E-state index in [1.165, 1.54) is 0 Å². The fourth-order valence-electron chi connectivity index (χ4n) is 1.20. The van der Waals surface area contributed by atoms with Crippen LogP contribution in [0.2, 0.25) is 0 Å². The molecule has 1 rings (SSSR count). The van der Waals surface area contributed by atoms with Crippen molar-refractivity contribution in [2.45, 2.75) is 32.7 Å². The van der Waals surface area contributed by atoms with Crippen LogP contribution in [0.1, 0.15) is 26.7 Å². The van der Waals surface area contributed by atoms with E-state index in [0.717, 1.165) is 12.8 Å². The van der Waals surface area contributed by atoms with Crippen LogP contribution in [0.4, 0.5) is 0 Å². The first-order valence-electron chi connectivity index (χ1n) is 3.54. The van der Waals surface area contributed by atoms with Crippen LogP contribution in [0.5, 0.6) is 0 Å². The molecule has 1 aliphatic rings. The van der Waals surface area contributed by atoms with Gasteiger partial charge in [0.05, 0.1) is 0 Å². The lowest BCUT2D eigenvalue weighted by atomic mass is 10.1. The van der Waals surface area contributed by atoms with Crippen molar-refractivity contribution in [3.05, 3.63) is 0 Å². The first kappa shape index (κ1) is 6.59. The maximum atomic E-state index is 10.8. The molecular formula is C7H13NO. The first-order chi connectivity index (χ1) is 4.24. The van der Waals surface area contributed by atoms with Gasteiger partial charge in [0.2, 0.25) is 5.91 Å². The standard InChI is InChI=1S/C7H13NO/c1-3-6-4-5(2)7(9)8-6/h5-6H,3-4H2,1-2H3,(H,8,9)/t5-,6+/m1/s1. The summed E-state index contributed by atoms with van der Waals surface area (Å²) in [6.07, 6.45) is 2.09. The smallest absolute Gasteiger partial charge is 0.223 e. The van der Waals surface area contributed by atoms with Crippen molar-refractivity contribution in [1.29, 1.82) is 0 Å². The van der Waals surface area contributed by atoms with Crippen molar-refractivity contribution in [1.82, 2.24) is 5.32 Å². The average Bonchev–Trinajstić information content (AvgIpc) is 2.13. The fourth-order valence-corrected chi connectivity index (χ4v) is 1.20. The molecule has 1 N–H and O–H groups in total. The zero-order chi connectivity index (χ0) is 6.85. The molecule has 1 saturated heterocycles. The fraction of sp³-hybridized carbons (Fsp3) is 0.857. The average molecular weight is 127 g/mol. The predicted molar refractivity (Wildman–Crippen MR) is 36.0 cm³/mol. The van der Waals surface area contributed by atoms with Gasteiger partial charge in [0.1, 0.15) is 0 Å². The van der Waals surface area contributed by atoms with Crippen LogP contribution in [0.25, 0.3) is 0 Å². The molecule has 0 bridgehead atoms. The predicted octanol–water partition coefficient (Wildman–Crippen LogP) is 0.921. The van der Waals surface area contributed by atoms with Crippen molar-refractivity contribution < 1.29 is 4.79 Å². The van der Waals surface area contributed by atoms with Crippen molar-refractivity contribution >= 4 is 5.91 Å². The molecule has 0 aromatic heterocycles. The Kier molecular flexibility index (Phi) is 1.74. The van der Waals surface area contributed by atoms with E-state index in [0.29, 0.717) is 6.04 Å². The van der Waals surface area contributed by atoms with Gasteiger partial charge in [-0.25, -0.2) is 0 Å². The number of carbonyl (C=O) groups excluding carboxylic acids is 1. The second kappa shape index (κ2) is 2.38. The summed E-state index contributed by atoms with van der Waals surface area (Å²) in [6.45, 7) is 4.08. The molecule has 1 aliphatic heterocycles. The number of carbonyl (C=O) groups is 1. The molecule has 0 unspecified atom stereocenters. The Morgan fingerprint density at radius 1 is 1.78 bits per heavy atom. The highest BCUT2D eigenvalue weighted by molar-refractivity contribution is 5.80. The Balaban J connectivity index is 2.44. The summed E-state index contributed by atoms with van der Waals surface area (Å²) in [6, 6.07) is 0.451. The molecule has 0 aromatic rings. The van der Waals surface area contributed by atoms with E-state index >= 15 is 0 Å². The Labute approximate surface area is 55.6 Å². The molecule has 2 heteroatoms. The van der Waals surface area contributed by atoms with Gasteiger partial charge in [0.25, 0.3) is 0 Å². The largest absolute Gasteiger partial charge is 0.353 e. The van der Waals surface area contributed by atoms with Gasteiger partial charge in [-0.2, -0.15) is 0 Å². The van der Waals surface area contributed by atoms with E-state index in [2.05, 4.69) is 12.2 Å². The summed E-state index contributed by atoms with van der Waals surface area (Å²) < 4.78 is 0. The molecule has 0 aromatic carbocycles. The van der Waals surface area contributed by atoms with Crippen molar-refractivity contribution in [3.63, 3.8) is 0 Å². The van der Waals surface area contributed by atoms with Gasteiger partial charge in [-0.05, 0) is 12.8 Å². The third-order valence-corrected chi connectivity index (χ3v) is 1.92. The minimum absolute atomic E-state index is 0.224. The Morgan fingerprint density at radius 2 is 2.44 bits per heavy atom. The van der Waals surface area contributed by atoms with Crippen LogP contribution >= 0.6 is 0 Å². The number of hydrogen-bond donors (Lipinski definition) is 1. The summed E-state index contributed by atoms with van der Waals surface area (Å²) in [5.41, 5.74) is 0. The van der Waals surface area contributed by atoms with Crippen molar-refractivity contribution in [3.8, 4) is 0 Å². The highest BCUT2D eigenvalue weighted by Gasteiger charge is 2.26. The summed E-state index contributed by atoms with van der Waals surface area (Å²) in [5, 5.41) is 2.91. The van der Waals surface area contributed by atoms with Crippen molar-refractivity contribution in [2.24, 2.45) is 5.92 Å². The van der Waals surface area contributed by atoms with Crippen LogP contribution in [-0.4, -0.2) is 11.9 Å². The van der Waals surface area contributed by atoms with Crippen LogP contribution in [0.3, 0.4) is 0 Å². The molecule has 9 heavy (non-hydrogen) atoms. The van der Waals surface area contributed by atoms with Gasteiger partial charge in [0, 0.05) is 12.0 Å². The molecule has 2 atom stereocenters. The van der Waals surface area contributed by atoms with Gasteiger partial charge < -0.3 is 5.32 Å². The van der Waals surface area contributed by atoms with Crippen LogP contribution < -0.4 is 5.32 Å². The maximum Gasteiger partial charge on any atom is 0.223 e. The van der Waals surface area contributed by atoms with E-state index < -0.39 is 0 Å². The second-order valence-electron chi connectivity index (χ2n) is 2.75. The quantitative estimate of drug-likeness (QED) is 0.557. The lowest BCUT2D eigenvalue weighted by molar-refractivity contribution is -0.122. The second-order valence-corrected chi connectivity index (χ2v) is 2.75. The Morgan fingerprint density at radius 3 is 2.67 bits per heavy atom. The van der Waals surface area contributed by atoms with E-state index in [-0.39, 0.29) is 11.8 Å². The lowest BCUT2D eigenvalue weighted by Crippen LogP contribution is -2.25. The summed E-state index contributed by atoms with van der Waals surface area (Å²) in [7, 11) is 0. The Bertz CT molecular complexity index is 122. The lowest BCUT2D eigenvalue weighted by Gasteiger charge is -2.02. The third kappa shape index (κ3) is 1.23. The highest BCUT2D eigenvalue weighted by atomic mass is 16.2. The molecule has 2 nitrogen and oxygen atoms in total. The van der Waals surface area contributed by atoms with Gasteiger partial charge in [-0.3, -0.25) is 4.79 Å². The topological polar surface area (TPSA) is 29.1 Å². The molecule has 1 fully saturated rings. The highest BCUT2D eigenvalue weighted by Crippen LogP contribution is 2.15. The molecule has 0 radical (unpaired) electrons. The molecule has 1 amide bonds. The molecular weight excluding hydrogens is 114 g/mol. The number of hydrogen-bond acceptors (Lipinski definition) is 1. The van der Waals surface area contributed by atoms with Crippen molar-refractivity contribution in [2.75, 3.05) is 0 Å². The zero-order valence-electron chi connectivity index (χ0n) is 5.98. The van der Waals surface area contributed by atoms with E-state index in [4.69, 9.17) is 0 Å². The maximum absolute atomic E-state index is 10.8. The van der Waals surface area contributed by atoms with E-state index in [1.54, 1.807) is 0 Å². The molecule has 0 aliphatic carbocycles. The van der Waals surface area contributed by atoms with Crippen LogP contribution in [0, 0.1) is 5.92 Å². The minimum Gasteiger partial charge on any atom is -0.353 e. The summed E-state index contributed by atoms with van der Waals surface area (Å²) in [4.78, 5) is 10.8. The summed E-state index contributed by atoms with van der Waals surface area (Å²) in [5.74, 6) is 0.469. The van der Waals surface area contributed by atoms with E-state index in [9.17, 15) is 4.79 Å². The number of amides is 1. The Hall–Kier alpha value is -0.530. The van der Waals surface area contributed by atoms with Gasteiger partial charge in [-0.1, -0.05) is 13.8 Å². The number of rotatable bonds is 1. The van der Waals surface area contributed by atoms with Gasteiger partial charge in [0.15, 0.2) is 0 Å². The van der Waals surface area contributed by atoms with Gasteiger partial charge in [-0.15, -0.1) is 0 Å². The third-order valence-electron chi connectivity index (χ3n) is 1.92.